The summed E-state index contributed by atoms with van der Waals surface area (Å²) in [6, 6.07) is 0.523. The van der Waals surface area contributed by atoms with Crippen molar-refractivity contribution in [1.29, 1.82) is 0 Å². The first-order chi connectivity index (χ1) is 3.81. The standard InChI is InChI=1S/C3H6N2.CH3NO/c1-3-2-4-5-3;2-1-3/h3H,2H2,1H3;1H,(H2,2,3). The zero-order valence-electron chi connectivity index (χ0n) is 4.74. The molecule has 0 saturated carbocycles. The molecule has 4 heteroatoms. The second kappa shape index (κ2) is 4.23. The highest BCUT2D eigenvalue weighted by atomic mass is 16.1. The first kappa shape index (κ1) is 7.07. The number of nitrogens with two attached hydrogens (primary N) is 1. The van der Waals surface area contributed by atoms with Gasteiger partial charge in [0.05, 0.1) is 12.6 Å². The number of carbonyl (C=O) groups is 1. The van der Waals surface area contributed by atoms with Crippen molar-refractivity contribution in [2.45, 2.75) is 13.0 Å². The molecule has 1 aliphatic heterocycles. The number of rotatable bonds is 0. The van der Waals surface area contributed by atoms with Crippen LogP contribution in [-0.2, 0) is 4.79 Å². The quantitative estimate of drug-likeness (QED) is 0.441. The van der Waals surface area contributed by atoms with E-state index in [4.69, 9.17) is 4.79 Å². The molecule has 1 heterocycles. The van der Waals surface area contributed by atoms with Crippen molar-refractivity contribution in [1.82, 2.24) is 0 Å². The van der Waals surface area contributed by atoms with E-state index in [1.54, 1.807) is 0 Å². The maximum atomic E-state index is 8.58. The van der Waals surface area contributed by atoms with E-state index in [0.29, 0.717) is 6.04 Å². The summed E-state index contributed by atoms with van der Waals surface area (Å²) in [4.78, 5) is 8.58. The topological polar surface area (TPSA) is 67.8 Å². The third kappa shape index (κ3) is 3.27. The highest BCUT2D eigenvalue weighted by Crippen LogP contribution is 2.00. The van der Waals surface area contributed by atoms with Gasteiger partial charge in [0.1, 0.15) is 0 Å². The van der Waals surface area contributed by atoms with Gasteiger partial charge in [-0.2, -0.15) is 10.2 Å². The van der Waals surface area contributed by atoms with E-state index in [1.807, 2.05) is 6.92 Å². The second-order valence-electron chi connectivity index (χ2n) is 1.42. The first-order valence-electron chi connectivity index (χ1n) is 2.33. The molecule has 0 fully saturated rings. The van der Waals surface area contributed by atoms with Gasteiger partial charge in [-0.05, 0) is 6.92 Å². The molecule has 0 spiro atoms. The highest BCUT2D eigenvalue weighted by Gasteiger charge is 2.02. The van der Waals surface area contributed by atoms with E-state index >= 15 is 0 Å². The third-order valence-corrected chi connectivity index (χ3v) is 0.625. The Morgan fingerprint density at radius 2 is 2.12 bits per heavy atom. The molecule has 0 aromatic rings. The molecule has 1 amide bonds. The minimum Gasteiger partial charge on any atom is -0.372 e. The van der Waals surface area contributed by atoms with Crippen LogP contribution in [0.2, 0.25) is 0 Å². The van der Waals surface area contributed by atoms with Crippen molar-refractivity contribution in [3.63, 3.8) is 0 Å². The van der Waals surface area contributed by atoms with E-state index < -0.39 is 0 Å². The predicted octanol–water partition coefficient (Wildman–Crippen LogP) is -0.0578. The maximum absolute atomic E-state index is 8.58. The molecule has 0 aliphatic carbocycles. The number of hydrogen-bond donors (Lipinski definition) is 1. The van der Waals surface area contributed by atoms with Gasteiger partial charge in [0.15, 0.2) is 0 Å². The Balaban J connectivity index is 0.000000145. The van der Waals surface area contributed by atoms with Crippen LogP contribution in [0, 0.1) is 0 Å². The Morgan fingerprint density at radius 3 is 2.12 bits per heavy atom. The molecular formula is C4H9N3O. The van der Waals surface area contributed by atoms with Gasteiger partial charge in [-0.25, -0.2) is 0 Å². The van der Waals surface area contributed by atoms with E-state index in [9.17, 15) is 0 Å². The summed E-state index contributed by atoms with van der Waals surface area (Å²) < 4.78 is 0. The van der Waals surface area contributed by atoms with Crippen LogP contribution in [0.4, 0.5) is 0 Å². The maximum Gasteiger partial charge on any atom is 0.204 e. The number of amides is 1. The van der Waals surface area contributed by atoms with Crippen molar-refractivity contribution < 1.29 is 4.79 Å². The number of azo groups is 1. The zero-order valence-corrected chi connectivity index (χ0v) is 4.74. The molecule has 46 valence electrons. The lowest BCUT2D eigenvalue weighted by molar-refractivity contribution is -0.106. The van der Waals surface area contributed by atoms with Gasteiger partial charge in [-0.15, -0.1) is 0 Å². The molecule has 2 N–H and O–H groups in total. The molecular weight excluding hydrogens is 106 g/mol. The summed E-state index contributed by atoms with van der Waals surface area (Å²) in [5, 5.41) is 7.32. The van der Waals surface area contributed by atoms with Gasteiger partial charge in [-0.3, -0.25) is 4.79 Å². The first-order valence-corrected chi connectivity index (χ1v) is 2.33. The van der Waals surface area contributed by atoms with Crippen molar-refractivity contribution >= 4 is 6.41 Å². The molecule has 0 aromatic carbocycles. The lowest BCUT2D eigenvalue weighted by atomic mass is 10.3. The Bertz CT molecular complexity index is 91.3. The van der Waals surface area contributed by atoms with Crippen molar-refractivity contribution in [2.24, 2.45) is 16.0 Å². The smallest absolute Gasteiger partial charge is 0.204 e. The normalized spacial score (nSPS) is 22.4. The van der Waals surface area contributed by atoms with Gasteiger partial charge in [-0.1, -0.05) is 0 Å². The van der Waals surface area contributed by atoms with E-state index in [0.717, 1.165) is 6.54 Å². The molecule has 0 saturated heterocycles. The fourth-order valence-electron chi connectivity index (χ4n) is 0.245. The van der Waals surface area contributed by atoms with Crippen LogP contribution in [-0.4, -0.2) is 19.0 Å². The van der Waals surface area contributed by atoms with Crippen LogP contribution in [0.1, 0.15) is 6.92 Å². The Morgan fingerprint density at radius 1 is 1.88 bits per heavy atom. The molecule has 1 atom stereocenters. The van der Waals surface area contributed by atoms with Crippen LogP contribution < -0.4 is 5.73 Å². The summed E-state index contributed by atoms with van der Waals surface area (Å²) in [6.07, 6.45) is 0.250. The molecule has 1 rings (SSSR count). The lowest BCUT2D eigenvalue weighted by Crippen LogP contribution is -2.09. The van der Waals surface area contributed by atoms with Gasteiger partial charge < -0.3 is 5.73 Å². The second-order valence-corrected chi connectivity index (χ2v) is 1.42. The summed E-state index contributed by atoms with van der Waals surface area (Å²) >= 11 is 0. The molecule has 1 unspecified atom stereocenters. The number of hydrogen-bond acceptors (Lipinski definition) is 3. The molecule has 8 heavy (non-hydrogen) atoms. The zero-order chi connectivity index (χ0) is 6.41. The van der Waals surface area contributed by atoms with Crippen LogP contribution in [0.5, 0.6) is 0 Å². The number of nitrogens with zero attached hydrogens (tertiary/aromatic N) is 2. The Hall–Kier alpha value is -0.930. The van der Waals surface area contributed by atoms with E-state index in [1.165, 1.54) is 0 Å². The van der Waals surface area contributed by atoms with Gasteiger partial charge in [0.25, 0.3) is 0 Å². The SMILES string of the molecule is CC1CN=N1.NC=O. The van der Waals surface area contributed by atoms with Crippen molar-refractivity contribution in [3.05, 3.63) is 0 Å². The molecule has 0 aromatic heterocycles. The fourth-order valence-corrected chi connectivity index (χ4v) is 0.245. The number of primary amides is 1. The van der Waals surface area contributed by atoms with Crippen LogP contribution in [0.3, 0.4) is 0 Å². The average Bonchev–Trinajstić information content (AvgIpc) is 1.64. The van der Waals surface area contributed by atoms with Crippen molar-refractivity contribution in [3.8, 4) is 0 Å². The van der Waals surface area contributed by atoms with E-state index in [-0.39, 0.29) is 6.41 Å². The summed E-state index contributed by atoms with van der Waals surface area (Å²) in [5.41, 5.74) is 4.17. The van der Waals surface area contributed by atoms with Gasteiger partial charge in [0, 0.05) is 0 Å². The molecule has 4 nitrogen and oxygen atoms in total. The summed E-state index contributed by atoms with van der Waals surface area (Å²) in [6.45, 7) is 2.99. The average molecular weight is 115 g/mol. The summed E-state index contributed by atoms with van der Waals surface area (Å²) in [7, 11) is 0. The van der Waals surface area contributed by atoms with Crippen LogP contribution in [0.25, 0.3) is 0 Å². The van der Waals surface area contributed by atoms with Gasteiger partial charge in [0.2, 0.25) is 6.41 Å². The minimum absolute atomic E-state index is 0.250. The van der Waals surface area contributed by atoms with Gasteiger partial charge >= 0.3 is 0 Å². The molecule has 0 radical (unpaired) electrons. The fraction of sp³-hybridized carbons (Fsp3) is 0.750. The highest BCUT2D eigenvalue weighted by molar-refractivity contribution is 5.42. The summed E-state index contributed by atoms with van der Waals surface area (Å²) in [5.74, 6) is 0. The predicted molar refractivity (Wildman–Crippen MR) is 29.4 cm³/mol. The van der Waals surface area contributed by atoms with Crippen LogP contribution in [0.15, 0.2) is 10.2 Å². The Labute approximate surface area is 47.8 Å². The van der Waals surface area contributed by atoms with Crippen molar-refractivity contribution in [2.75, 3.05) is 6.54 Å². The molecule has 0 bridgehead atoms. The number of carbonyl (C=O) groups excluding carboxylic acids is 1. The minimum atomic E-state index is 0.250. The lowest BCUT2D eigenvalue weighted by Gasteiger charge is -2.05. The Kier molecular flexibility index (Phi) is 3.74. The monoisotopic (exact) mass is 115 g/mol. The van der Waals surface area contributed by atoms with E-state index in [2.05, 4.69) is 16.0 Å². The van der Waals surface area contributed by atoms with Crippen LogP contribution >= 0.6 is 0 Å². The molecule has 1 aliphatic rings. The third-order valence-electron chi connectivity index (χ3n) is 0.625. The largest absolute Gasteiger partial charge is 0.372 e.